The molecule has 0 rings (SSSR count). The number of ether oxygens (including phenoxy) is 2. The van der Waals surface area contributed by atoms with Gasteiger partial charge in [-0.05, 0) is 6.92 Å². The summed E-state index contributed by atoms with van der Waals surface area (Å²) in [6.45, 7) is 2.03. The molecule has 0 aromatic heterocycles. The highest BCUT2D eigenvalue weighted by Gasteiger charge is 1.98. The topological polar surface area (TPSA) is 77.0 Å². The molecule has 1 N–H and O–H groups in total. The number of nitrogens with zero attached hydrogens (tertiary/aromatic N) is 1. The molecule has 0 atom stereocenters. The molecule has 0 saturated heterocycles. The van der Waals surface area contributed by atoms with Crippen molar-refractivity contribution in [3.8, 4) is 0 Å². The largest absolute Gasteiger partial charge is 0.469 e. The van der Waals surface area contributed by atoms with E-state index in [1.807, 2.05) is 0 Å². The molecule has 0 heterocycles. The fraction of sp³-hybridized carbons (Fsp3) is 0.667. The van der Waals surface area contributed by atoms with E-state index in [1.165, 1.54) is 18.9 Å². The lowest BCUT2D eigenvalue weighted by atomic mass is 10.5. The zero-order valence-electron chi connectivity index (χ0n) is 9.39. The summed E-state index contributed by atoms with van der Waals surface area (Å²) < 4.78 is 9.06. The second-order valence-corrected chi connectivity index (χ2v) is 3.69. The second kappa shape index (κ2) is 10.3. The van der Waals surface area contributed by atoms with Gasteiger partial charge in [-0.2, -0.15) is 16.9 Å². The van der Waals surface area contributed by atoms with Crippen molar-refractivity contribution < 1.29 is 19.1 Å². The summed E-state index contributed by atoms with van der Waals surface area (Å²) in [6.07, 6.45) is 1.34. The van der Waals surface area contributed by atoms with Gasteiger partial charge in [0.05, 0.1) is 20.1 Å². The van der Waals surface area contributed by atoms with Gasteiger partial charge in [-0.1, -0.05) is 0 Å². The molecule has 0 aliphatic heterocycles. The first-order valence-electron chi connectivity index (χ1n) is 4.79. The molecule has 1 amide bonds. The highest BCUT2D eigenvalue weighted by Crippen LogP contribution is 2.00. The Hall–Kier alpha value is -1.24. The van der Waals surface area contributed by atoms with Crippen LogP contribution in [0.25, 0.3) is 0 Å². The van der Waals surface area contributed by atoms with E-state index in [-0.39, 0.29) is 5.97 Å². The van der Waals surface area contributed by atoms with Gasteiger partial charge in [0.1, 0.15) is 0 Å². The third-order valence-corrected chi connectivity index (χ3v) is 2.27. The standard InChI is InChI=1S/C9H16N2O4S/c1-3-15-9(13)11-10-5-7-16-6-4-8(12)14-2/h5H,3-4,6-7H2,1-2H3,(H,11,13)/b10-5+. The van der Waals surface area contributed by atoms with Crippen molar-refractivity contribution in [1.82, 2.24) is 5.43 Å². The summed E-state index contributed by atoms with van der Waals surface area (Å²) in [5.41, 5.74) is 2.20. The van der Waals surface area contributed by atoms with Gasteiger partial charge < -0.3 is 9.47 Å². The molecular formula is C9H16N2O4S. The Bertz CT molecular complexity index is 246. The van der Waals surface area contributed by atoms with Gasteiger partial charge in [-0.25, -0.2) is 10.2 Å². The lowest BCUT2D eigenvalue weighted by Crippen LogP contribution is -2.18. The molecule has 0 saturated carbocycles. The van der Waals surface area contributed by atoms with Crippen LogP contribution in [0.3, 0.4) is 0 Å². The summed E-state index contributed by atoms with van der Waals surface area (Å²) in [6, 6.07) is 0. The third kappa shape index (κ3) is 9.32. The highest BCUT2D eigenvalue weighted by molar-refractivity contribution is 7.99. The minimum atomic E-state index is -0.571. The second-order valence-electron chi connectivity index (χ2n) is 2.54. The minimum absolute atomic E-state index is 0.228. The molecule has 0 fully saturated rings. The lowest BCUT2D eigenvalue weighted by Gasteiger charge is -1.99. The normalized spacial score (nSPS) is 10.1. The summed E-state index contributed by atoms with van der Waals surface area (Å²) in [4.78, 5) is 21.5. The molecule has 7 heteroatoms. The summed E-state index contributed by atoms with van der Waals surface area (Å²) in [5, 5.41) is 3.64. The van der Waals surface area contributed by atoms with Crippen molar-refractivity contribution in [3.63, 3.8) is 0 Å². The molecule has 0 aliphatic rings. The van der Waals surface area contributed by atoms with Gasteiger partial charge in [0.15, 0.2) is 0 Å². The Balaban J connectivity index is 3.34. The van der Waals surface area contributed by atoms with Crippen LogP contribution in [0.1, 0.15) is 13.3 Å². The van der Waals surface area contributed by atoms with E-state index >= 15 is 0 Å². The predicted octanol–water partition coefficient (Wildman–Crippen LogP) is 1.01. The number of carbonyl (C=O) groups is 2. The number of hydrazone groups is 1. The van der Waals surface area contributed by atoms with Gasteiger partial charge in [0, 0.05) is 17.7 Å². The summed E-state index contributed by atoms with van der Waals surface area (Å²) in [7, 11) is 1.36. The molecule has 92 valence electrons. The zero-order chi connectivity index (χ0) is 12.2. The van der Waals surface area contributed by atoms with Gasteiger partial charge in [0.2, 0.25) is 0 Å². The van der Waals surface area contributed by atoms with E-state index in [0.29, 0.717) is 24.5 Å². The van der Waals surface area contributed by atoms with E-state index in [1.54, 1.807) is 13.1 Å². The zero-order valence-corrected chi connectivity index (χ0v) is 10.2. The Kier molecular flexibility index (Phi) is 9.49. The van der Waals surface area contributed by atoms with Crippen LogP contribution in [0, 0.1) is 0 Å². The van der Waals surface area contributed by atoms with Gasteiger partial charge in [-0.15, -0.1) is 0 Å². The van der Waals surface area contributed by atoms with Crippen molar-refractivity contribution in [2.24, 2.45) is 5.10 Å². The fourth-order valence-electron chi connectivity index (χ4n) is 0.693. The van der Waals surface area contributed by atoms with Crippen molar-refractivity contribution in [2.45, 2.75) is 13.3 Å². The monoisotopic (exact) mass is 248 g/mol. The molecule has 0 aromatic carbocycles. The highest BCUT2D eigenvalue weighted by atomic mass is 32.2. The van der Waals surface area contributed by atoms with Crippen LogP contribution in [0.15, 0.2) is 5.10 Å². The molecular weight excluding hydrogens is 232 g/mol. The van der Waals surface area contributed by atoms with Gasteiger partial charge in [0.25, 0.3) is 0 Å². The molecule has 0 radical (unpaired) electrons. The maximum absolute atomic E-state index is 10.7. The predicted molar refractivity (Wildman–Crippen MR) is 62.6 cm³/mol. The van der Waals surface area contributed by atoms with Crippen LogP contribution in [0.5, 0.6) is 0 Å². The Morgan fingerprint density at radius 1 is 1.50 bits per heavy atom. The number of carbonyl (C=O) groups excluding carboxylic acids is 2. The van der Waals surface area contributed by atoms with Crippen LogP contribution < -0.4 is 5.43 Å². The summed E-state index contributed by atoms with van der Waals surface area (Å²) in [5.74, 6) is 1.05. The average molecular weight is 248 g/mol. The molecule has 0 aromatic rings. The van der Waals surface area contributed by atoms with Crippen molar-refractivity contribution in [2.75, 3.05) is 25.2 Å². The first-order valence-corrected chi connectivity index (χ1v) is 5.95. The molecule has 16 heavy (non-hydrogen) atoms. The molecule has 0 unspecified atom stereocenters. The Morgan fingerprint density at radius 3 is 2.88 bits per heavy atom. The number of hydrogen-bond donors (Lipinski definition) is 1. The quantitative estimate of drug-likeness (QED) is 0.315. The number of hydrogen-bond acceptors (Lipinski definition) is 6. The number of amides is 1. The maximum Gasteiger partial charge on any atom is 0.427 e. The van der Waals surface area contributed by atoms with E-state index in [0.717, 1.165) is 0 Å². The number of nitrogens with one attached hydrogen (secondary N) is 1. The van der Waals surface area contributed by atoms with Crippen LogP contribution >= 0.6 is 11.8 Å². The number of rotatable bonds is 7. The SMILES string of the molecule is CCOC(=O)N/N=C/CSCCC(=O)OC. The number of esters is 1. The van der Waals surface area contributed by atoms with E-state index in [9.17, 15) is 9.59 Å². The Morgan fingerprint density at radius 2 is 2.25 bits per heavy atom. The fourth-order valence-corrected chi connectivity index (χ4v) is 1.35. The van der Waals surface area contributed by atoms with Crippen LogP contribution in [0.4, 0.5) is 4.79 Å². The van der Waals surface area contributed by atoms with Gasteiger partial charge in [-0.3, -0.25) is 4.79 Å². The maximum atomic E-state index is 10.7. The smallest absolute Gasteiger partial charge is 0.427 e. The van der Waals surface area contributed by atoms with E-state index in [2.05, 4.69) is 20.0 Å². The molecule has 0 aliphatic carbocycles. The lowest BCUT2D eigenvalue weighted by molar-refractivity contribution is -0.140. The van der Waals surface area contributed by atoms with Crippen molar-refractivity contribution in [1.29, 1.82) is 0 Å². The van der Waals surface area contributed by atoms with Crippen LogP contribution in [-0.2, 0) is 14.3 Å². The van der Waals surface area contributed by atoms with E-state index in [4.69, 9.17) is 0 Å². The van der Waals surface area contributed by atoms with Crippen LogP contribution in [-0.4, -0.2) is 43.5 Å². The minimum Gasteiger partial charge on any atom is -0.469 e. The average Bonchev–Trinajstić information content (AvgIpc) is 2.27. The van der Waals surface area contributed by atoms with Crippen LogP contribution in [0.2, 0.25) is 0 Å². The van der Waals surface area contributed by atoms with E-state index < -0.39 is 6.09 Å². The van der Waals surface area contributed by atoms with Crippen molar-refractivity contribution in [3.05, 3.63) is 0 Å². The first kappa shape index (κ1) is 14.8. The summed E-state index contributed by atoms with van der Waals surface area (Å²) >= 11 is 1.52. The van der Waals surface area contributed by atoms with Gasteiger partial charge >= 0.3 is 12.1 Å². The molecule has 0 bridgehead atoms. The first-order chi connectivity index (χ1) is 7.70. The third-order valence-electron chi connectivity index (χ3n) is 1.39. The molecule has 0 spiro atoms. The van der Waals surface area contributed by atoms with Crippen molar-refractivity contribution >= 4 is 30.0 Å². The number of methoxy groups -OCH3 is 1. The Labute approximate surface area is 98.7 Å². The molecule has 6 nitrogen and oxygen atoms in total. The number of thioether (sulfide) groups is 1.